The van der Waals surface area contributed by atoms with Crippen LogP contribution in [-0.2, 0) is 4.79 Å². The summed E-state index contributed by atoms with van der Waals surface area (Å²) in [5.74, 6) is -1.04. The summed E-state index contributed by atoms with van der Waals surface area (Å²) < 4.78 is 0. The Labute approximate surface area is 139 Å². The molecule has 0 spiro atoms. The number of rotatable bonds is 15. The molecule has 2 unspecified atom stereocenters. The Kier molecular flexibility index (Phi) is 14.9. The van der Waals surface area contributed by atoms with Crippen molar-refractivity contribution in [3.63, 3.8) is 0 Å². The van der Waals surface area contributed by atoms with Crippen LogP contribution in [0.5, 0.6) is 0 Å². The molecule has 0 bridgehead atoms. The summed E-state index contributed by atoms with van der Waals surface area (Å²) in [5.41, 5.74) is 0. The highest BCUT2D eigenvalue weighted by Crippen LogP contribution is 2.12. The molecule has 5 heteroatoms. The highest BCUT2D eigenvalue weighted by Gasteiger charge is 2.11. The van der Waals surface area contributed by atoms with Gasteiger partial charge in [-0.15, -0.1) is 0 Å². The zero-order valence-corrected chi connectivity index (χ0v) is 13.9. The first-order valence-corrected chi connectivity index (χ1v) is 8.62. The van der Waals surface area contributed by atoms with Gasteiger partial charge in [-0.1, -0.05) is 69.6 Å². The maximum atomic E-state index is 10.3. The zero-order valence-electron chi connectivity index (χ0n) is 13.9. The maximum Gasteiger partial charge on any atom is 0.328 e. The van der Waals surface area contributed by atoms with E-state index in [1.807, 2.05) is 0 Å². The first kappa shape index (κ1) is 21.8. The zero-order chi connectivity index (χ0) is 17.3. The SMILES string of the molecule is O=C(O)C=CC=CC(O)C(O)CCCCCCCCCCCO. The normalized spacial score (nSPS) is 14.6. The van der Waals surface area contributed by atoms with E-state index >= 15 is 0 Å². The number of unbranched alkanes of at least 4 members (excludes halogenated alkanes) is 8. The minimum absolute atomic E-state index is 0.291. The lowest BCUT2D eigenvalue weighted by Crippen LogP contribution is -2.23. The third-order valence-electron chi connectivity index (χ3n) is 3.71. The van der Waals surface area contributed by atoms with Crippen molar-refractivity contribution in [3.8, 4) is 0 Å². The van der Waals surface area contributed by atoms with Gasteiger partial charge < -0.3 is 20.4 Å². The Morgan fingerprint density at radius 1 is 0.826 bits per heavy atom. The van der Waals surface area contributed by atoms with E-state index in [1.165, 1.54) is 43.9 Å². The molecule has 2 atom stereocenters. The van der Waals surface area contributed by atoms with Crippen LogP contribution in [0, 0.1) is 0 Å². The lowest BCUT2D eigenvalue weighted by atomic mass is 10.0. The molecule has 0 fully saturated rings. The standard InChI is InChI=1S/C18H32O5/c19-15-11-7-5-3-1-2-4-6-8-12-16(20)17(21)13-9-10-14-18(22)23/h9-10,13-14,16-17,19-21H,1-8,11-12,15H2,(H,22,23). The predicted octanol–water partition coefficient (Wildman–Crippen LogP) is 2.80. The van der Waals surface area contributed by atoms with Crippen LogP contribution in [0.4, 0.5) is 0 Å². The smallest absolute Gasteiger partial charge is 0.328 e. The highest BCUT2D eigenvalue weighted by atomic mass is 16.4. The van der Waals surface area contributed by atoms with E-state index in [-0.39, 0.29) is 0 Å². The number of hydrogen-bond donors (Lipinski definition) is 4. The molecular formula is C18H32O5. The van der Waals surface area contributed by atoms with Crippen LogP contribution in [-0.4, -0.2) is 45.2 Å². The Balaban J connectivity index is 3.51. The lowest BCUT2D eigenvalue weighted by Gasteiger charge is -2.14. The van der Waals surface area contributed by atoms with Gasteiger partial charge in [0.15, 0.2) is 0 Å². The van der Waals surface area contributed by atoms with Crippen molar-refractivity contribution in [2.45, 2.75) is 76.4 Å². The molecule has 134 valence electrons. The molecule has 0 aliphatic carbocycles. The lowest BCUT2D eigenvalue weighted by molar-refractivity contribution is -0.131. The van der Waals surface area contributed by atoms with Gasteiger partial charge in [0, 0.05) is 12.7 Å². The summed E-state index contributed by atoms with van der Waals surface area (Å²) in [5, 5.41) is 36.5. The van der Waals surface area contributed by atoms with Crippen molar-refractivity contribution in [1.29, 1.82) is 0 Å². The summed E-state index contributed by atoms with van der Waals surface area (Å²) in [7, 11) is 0. The number of carboxylic acid groups (broad SMARTS) is 1. The number of carbonyl (C=O) groups is 1. The molecule has 0 aliphatic heterocycles. The van der Waals surface area contributed by atoms with Crippen molar-refractivity contribution < 1.29 is 25.2 Å². The van der Waals surface area contributed by atoms with Crippen LogP contribution in [0.1, 0.15) is 64.2 Å². The number of aliphatic hydroxyl groups is 3. The third kappa shape index (κ3) is 15.5. The Morgan fingerprint density at radius 2 is 1.35 bits per heavy atom. The first-order valence-electron chi connectivity index (χ1n) is 8.62. The first-order chi connectivity index (χ1) is 11.1. The number of allylic oxidation sites excluding steroid dienone is 2. The second-order valence-corrected chi connectivity index (χ2v) is 5.83. The van der Waals surface area contributed by atoms with Gasteiger partial charge >= 0.3 is 5.97 Å². The number of hydrogen-bond acceptors (Lipinski definition) is 4. The third-order valence-corrected chi connectivity index (χ3v) is 3.71. The maximum absolute atomic E-state index is 10.3. The molecule has 0 saturated carbocycles. The molecule has 0 amide bonds. The predicted molar refractivity (Wildman–Crippen MR) is 91.2 cm³/mol. The summed E-state index contributed by atoms with van der Waals surface area (Å²) >= 11 is 0. The average Bonchev–Trinajstić information content (AvgIpc) is 2.52. The van der Waals surface area contributed by atoms with Crippen LogP contribution in [0.3, 0.4) is 0 Å². The van der Waals surface area contributed by atoms with Crippen LogP contribution in [0.2, 0.25) is 0 Å². The molecule has 0 aromatic rings. The molecule has 0 heterocycles. The fraction of sp³-hybridized carbons (Fsp3) is 0.722. The quantitative estimate of drug-likeness (QED) is 0.210. The van der Waals surface area contributed by atoms with Gasteiger partial charge in [0.1, 0.15) is 0 Å². The van der Waals surface area contributed by atoms with E-state index in [0.29, 0.717) is 13.0 Å². The van der Waals surface area contributed by atoms with E-state index in [9.17, 15) is 15.0 Å². The molecule has 0 aliphatic rings. The monoisotopic (exact) mass is 328 g/mol. The number of carboxylic acids is 1. The van der Waals surface area contributed by atoms with E-state index in [2.05, 4.69) is 0 Å². The van der Waals surface area contributed by atoms with Gasteiger partial charge in [0.2, 0.25) is 0 Å². The van der Waals surface area contributed by atoms with E-state index in [4.69, 9.17) is 10.2 Å². The molecule has 0 aromatic carbocycles. The minimum atomic E-state index is -1.04. The fourth-order valence-electron chi connectivity index (χ4n) is 2.32. The van der Waals surface area contributed by atoms with E-state index in [1.54, 1.807) is 0 Å². The van der Waals surface area contributed by atoms with Gasteiger partial charge in [-0.05, 0) is 12.8 Å². The second-order valence-electron chi connectivity index (χ2n) is 5.83. The van der Waals surface area contributed by atoms with Crippen LogP contribution >= 0.6 is 0 Å². The van der Waals surface area contributed by atoms with Crippen LogP contribution < -0.4 is 0 Å². The summed E-state index contributed by atoms with van der Waals surface area (Å²) in [4.78, 5) is 10.3. The second kappa shape index (κ2) is 15.7. The van der Waals surface area contributed by atoms with E-state index in [0.717, 1.165) is 38.2 Å². The summed E-state index contributed by atoms with van der Waals surface area (Å²) in [6, 6.07) is 0. The molecule has 0 rings (SSSR count). The van der Waals surface area contributed by atoms with Crippen molar-refractivity contribution in [2.24, 2.45) is 0 Å². The number of aliphatic carboxylic acids is 1. The van der Waals surface area contributed by atoms with Crippen molar-refractivity contribution in [3.05, 3.63) is 24.3 Å². The molecule has 4 N–H and O–H groups in total. The van der Waals surface area contributed by atoms with Gasteiger partial charge in [-0.25, -0.2) is 4.79 Å². The van der Waals surface area contributed by atoms with Crippen molar-refractivity contribution in [1.82, 2.24) is 0 Å². The molecule has 23 heavy (non-hydrogen) atoms. The molecule has 0 aromatic heterocycles. The Bertz CT molecular complexity index is 338. The van der Waals surface area contributed by atoms with Gasteiger partial charge in [-0.2, -0.15) is 0 Å². The van der Waals surface area contributed by atoms with Crippen molar-refractivity contribution >= 4 is 5.97 Å². The van der Waals surface area contributed by atoms with Gasteiger partial charge in [-0.3, -0.25) is 0 Å². The fourth-order valence-corrected chi connectivity index (χ4v) is 2.32. The number of aliphatic hydroxyl groups excluding tert-OH is 3. The Morgan fingerprint density at radius 3 is 1.87 bits per heavy atom. The minimum Gasteiger partial charge on any atom is -0.478 e. The summed E-state index contributed by atoms with van der Waals surface area (Å²) in [6.07, 6.45) is 13.8. The van der Waals surface area contributed by atoms with Crippen molar-refractivity contribution in [2.75, 3.05) is 6.61 Å². The molecule has 0 radical (unpaired) electrons. The highest BCUT2D eigenvalue weighted by molar-refractivity contribution is 5.80. The molecule has 0 saturated heterocycles. The van der Waals surface area contributed by atoms with Crippen LogP contribution in [0.15, 0.2) is 24.3 Å². The Hall–Kier alpha value is -1.17. The molecular weight excluding hydrogens is 296 g/mol. The van der Waals surface area contributed by atoms with E-state index < -0.39 is 18.2 Å². The largest absolute Gasteiger partial charge is 0.478 e. The topological polar surface area (TPSA) is 98.0 Å². The molecule has 5 nitrogen and oxygen atoms in total. The summed E-state index contributed by atoms with van der Waals surface area (Å²) in [6.45, 7) is 0.291. The van der Waals surface area contributed by atoms with Gasteiger partial charge in [0.05, 0.1) is 12.2 Å². The van der Waals surface area contributed by atoms with Crippen LogP contribution in [0.25, 0.3) is 0 Å². The average molecular weight is 328 g/mol. The van der Waals surface area contributed by atoms with Gasteiger partial charge in [0.25, 0.3) is 0 Å².